The van der Waals surface area contributed by atoms with Crippen LogP contribution in [0.1, 0.15) is 30.7 Å². The second kappa shape index (κ2) is 6.46. The lowest BCUT2D eigenvalue weighted by Gasteiger charge is -2.17. The number of fused-ring (bicyclic) bond motifs is 1. The van der Waals surface area contributed by atoms with Crippen molar-refractivity contribution >= 4 is 17.0 Å². The Morgan fingerprint density at radius 1 is 1.39 bits per heavy atom. The summed E-state index contributed by atoms with van der Waals surface area (Å²) in [4.78, 5) is 12.1. The molecule has 1 aliphatic carbocycles. The molecule has 5 heteroatoms. The number of urea groups is 1. The van der Waals surface area contributed by atoms with E-state index >= 15 is 0 Å². The number of aryl methyl sites for hydroxylation is 1. The number of benzene rings is 1. The van der Waals surface area contributed by atoms with Crippen LogP contribution in [-0.2, 0) is 0 Å². The van der Waals surface area contributed by atoms with Crippen LogP contribution in [0.25, 0.3) is 11.0 Å². The molecule has 0 saturated carbocycles. The van der Waals surface area contributed by atoms with E-state index in [-0.39, 0.29) is 30.6 Å². The molecule has 1 aromatic carbocycles. The van der Waals surface area contributed by atoms with Crippen molar-refractivity contribution in [2.75, 3.05) is 6.61 Å². The standard InChI is InChI=1S/C18H22N2O3/c1-11-15-5-3-4-6-16(15)23-17(11)12(2)19-18(22)20-14-8-7-13(9-14)10-21/h3-8,12-14,21H,9-10H2,1-2H3,(H2,19,20,22)/t12-,13+,14-/m1/s1. The normalized spacial score (nSPS) is 21.5. The molecule has 1 aromatic heterocycles. The van der Waals surface area contributed by atoms with Gasteiger partial charge in [-0.3, -0.25) is 0 Å². The van der Waals surface area contributed by atoms with Crippen LogP contribution >= 0.6 is 0 Å². The van der Waals surface area contributed by atoms with E-state index in [0.717, 1.165) is 28.7 Å². The average molecular weight is 314 g/mol. The van der Waals surface area contributed by atoms with Crippen LogP contribution in [-0.4, -0.2) is 23.8 Å². The van der Waals surface area contributed by atoms with Crippen molar-refractivity contribution in [3.8, 4) is 0 Å². The predicted molar refractivity (Wildman–Crippen MR) is 89.2 cm³/mol. The molecule has 2 amide bonds. The monoisotopic (exact) mass is 314 g/mol. The third kappa shape index (κ3) is 3.24. The van der Waals surface area contributed by atoms with Crippen molar-refractivity contribution < 1.29 is 14.3 Å². The zero-order chi connectivity index (χ0) is 16.4. The van der Waals surface area contributed by atoms with Crippen molar-refractivity contribution in [2.45, 2.75) is 32.4 Å². The Labute approximate surface area is 135 Å². The maximum absolute atomic E-state index is 12.1. The van der Waals surface area contributed by atoms with Gasteiger partial charge in [0, 0.05) is 29.5 Å². The number of aliphatic hydroxyl groups excluding tert-OH is 1. The van der Waals surface area contributed by atoms with Gasteiger partial charge in [-0.15, -0.1) is 0 Å². The molecule has 122 valence electrons. The second-order valence-electron chi connectivity index (χ2n) is 6.10. The summed E-state index contributed by atoms with van der Waals surface area (Å²) < 4.78 is 5.88. The lowest BCUT2D eigenvalue weighted by atomic mass is 10.1. The van der Waals surface area contributed by atoms with Gasteiger partial charge in [0.1, 0.15) is 11.3 Å². The zero-order valence-electron chi connectivity index (χ0n) is 13.4. The lowest BCUT2D eigenvalue weighted by Crippen LogP contribution is -2.42. The van der Waals surface area contributed by atoms with Crippen LogP contribution in [0.4, 0.5) is 4.79 Å². The first kappa shape index (κ1) is 15.6. The van der Waals surface area contributed by atoms with Gasteiger partial charge in [0.05, 0.1) is 6.04 Å². The van der Waals surface area contributed by atoms with Gasteiger partial charge in [0.15, 0.2) is 0 Å². The van der Waals surface area contributed by atoms with Gasteiger partial charge in [-0.05, 0) is 26.3 Å². The van der Waals surface area contributed by atoms with Crippen molar-refractivity contribution in [2.24, 2.45) is 5.92 Å². The Morgan fingerprint density at radius 3 is 2.87 bits per heavy atom. The van der Waals surface area contributed by atoms with Gasteiger partial charge >= 0.3 is 6.03 Å². The number of para-hydroxylation sites is 1. The van der Waals surface area contributed by atoms with E-state index in [0.29, 0.717) is 0 Å². The van der Waals surface area contributed by atoms with E-state index in [4.69, 9.17) is 9.52 Å². The number of amides is 2. The highest BCUT2D eigenvalue weighted by Gasteiger charge is 2.22. The fourth-order valence-corrected chi connectivity index (χ4v) is 3.10. The van der Waals surface area contributed by atoms with Gasteiger partial charge in [-0.1, -0.05) is 30.4 Å². The maximum atomic E-state index is 12.1. The van der Waals surface area contributed by atoms with Crippen LogP contribution in [0.3, 0.4) is 0 Å². The summed E-state index contributed by atoms with van der Waals surface area (Å²) in [6.07, 6.45) is 4.61. The van der Waals surface area contributed by atoms with Crippen LogP contribution in [0.15, 0.2) is 40.8 Å². The third-order valence-electron chi connectivity index (χ3n) is 4.34. The molecular weight excluding hydrogens is 292 g/mol. The highest BCUT2D eigenvalue weighted by Crippen LogP contribution is 2.29. The highest BCUT2D eigenvalue weighted by atomic mass is 16.3. The molecule has 1 aliphatic rings. The fourth-order valence-electron chi connectivity index (χ4n) is 3.10. The molecule has 23 heavy (non-hydrogen) atoms. The van der Waals surface area contributed by atoms with E-state index in [1.807, 2.05) is 50.3 Å². The number of hydrogen-bond acceptors (Lipinski definition) is 3. The van der Waals surface area contributed by atoms with Crippen molar-refractivity contribution in [3.05, 3.63) is 47.7 Å². The molecule has 3 N–H and O–H groups in total. The summed E-state index contributed by atoms with van der Waals surface area (Å²) in [5.74, 6) is 0.909. The second-order valence-corrected chi connectivity index (χ2v) is 6.10. The molecule has 2 aromatic rings. The molecule has 0 fully saturated rings. The summed E-state index contributed by atoms with van der Waals surface area (Å²) in [6.45, 7) is 4.03. The molecule has 3 rings (SSSR count). The van der Waals surface area contributed by atoms with Crippen molar-refractivity contribution in [1.82, 2.24) is 10.6 Å². The molecule has 0 radical (unpaired) electrons. The number of furan rings is 1. The molecule has 5 nitrogen and oxygen atoms in total. The molecule has 0 bridgehead atoms. The molecule has 0 spiro atoms. The third-order valence-corrected chi connectivity index (χ3v) is 4.34. The Hall–Kier alpha value is -2.27. The number of aliphatic hydroxyl groups is 1. The molecule has 0 aliphatic heterocycles. The largest absolute Gasteiger partial charge is 0.459 e. The minimum Gasteiger partial charge on any atom is -0.459 e. The average Bonchev–Trinajstić information content (AvgIpc) is 3.12. The number of hydrogen-bond donors (Lipinski definition) is 3. The first-order valence-corrected chi connectivity index (χ1v) is 7.92. The summed E-state index contributed by atoms with van der Waals surface area (Å²) in [5, 5.41) is 16.0. The molecule has 0 unspecified atom stereocenters. The number of nitrogens with one attached hydrogen (secondary N) is 2. The highest BCUT2D eigenvalue weighted by molar-refractivity contribution is 5.82. The van der Waals surface area contributed by atoms with Gasteiger partial charge in [0.25, 0.3) is 0 Å². The van der Waals surface area contributed by atoms with Gasteiger partial charge < -0.3 is 20.2 Å². The van der Waals surface area contributed by atoms with E-state index in [2.05, 4.69) is 10.6 Å². The van der Waals surface area contributed by atoms with Crippen LogP contribution in [0, 0.1) is 12.8 Å². The molecule has 0 saturated heterocycles. The Balaban J connectivity index is 1.64. The maximum Gasteiger partial charge on any atom is 0.315 e. The van der Waals surface area contributed by atoms with Crippen LogP contribution in [0.2, 0.25) is 0 Å². The van der Waals surface area contributed by atoms with Crippen LogP contribution < -0.4 is 10.6 Å². The lowest BCUT2D eigenvalue weighted by molar-refractivity contribution is 0.228. The topological polar surface area (TPSA) is 74.5 Å². The van der Waals surface area contributed by atoms with Crippen molar-refractivity contribution in [1.29, 1.82) is 0 Å². The Bertz CT molecular complexity index is 735. The van der Waals surface area contributed by atoms with Gasteiger partial charge in [-0.2, -0.15) is 0 Å². The first-order chi connectivity index (χ1) is 11.1. The number of carbonyl (C=O) groups excluding carboxylic acids is 1. The summed E-state index contributed by atoms with van der Waals surface area (Å²) >= 11 is 0. The van der Waals surface area contributed by atoms with Crippen LogP contribution in [0.5, 0.6) is 0 Å². The quantitative estimate of drug-likeness (QED) is 0.759. The van der Waals surface area contributed by atoms with Crippen molar-refractivity contribution in [3.63, 3.8) is 0 Å². The minimum atomic E-state index is -0.231. The van der Waals surface area contributed by atoms with Gasteiger partial charge in [0.2, 0.25) is 0 Å². The van der Waals surface area contributed by atoms with Gasteiger partial charge in [-0.25, -0.2) is 4.79 Å². The fraction of sp³-hybridized carbons (Fsp3) is 0.389. The SMILES string of the molecule is Cc1c([C@@H](C)NC(=O)N[C@@H]2C=C[C@H](CO)C2)oc2ccccc12. The van der Waals surface area contributed by atoms with E-state index in [9.17, 15) is 4.79 Å². The number of rotatable bonds is 4. The minimum absolute atomic E-state index is 0.0314. The Kier molecular flexibility index (Phi) is 4.39. The molecule has 3 atom stereocenters. The summed E-state index contributed by atoms with van der Waals surface area (Å²) in [6, 6.07) is 7.37. The zero-order valence-corrected chi connectivity index (χ0v) is 13.4. The first-order valence-electron chi connectivity index (χ1n) is 7.92. The van der Waals surface area contributed by atoms with E-state index in [1.54, 1.807) is 0 Å². The predicted octanol–water partition coefficient (Wildman–Crippen LogP) is 3.04. The molecular formula is C18H22N2O3. The van der Waals surface area contributed by atoms with E-state index in [1.165, 1.54) is 0 Å². The number of carbonyl (C=O) groups is 1. The summed E-state index contributed by atoms with van der Waals surface area (Å²) in [7, 11) is 0. The van der Waals surface area contributed by atoms with E-state index < -0.39 is 0 Å². The summed E-state index contributed by atoms with van der Waals surface area (Å²) in [5.41, 5.74) is 1.88. The smallest absolute Gasteiger partial charge is 0.315 e. The Morgan fingerprint density at radius 2 is 2.17 bits per heavy atom. The molecule has 1 heterocycles.